The van der Waals surface area contributed by atoms with Crippen molar-refractivity contribution in [3.8, 4) is 6.07 Å². The Kier molecular flexibility index (Phi) is 6.28. The Morgan fingerprint density at radius 2 is 2.00 bits per heavy atom. The minimum Gasteiger partial charge on any atom is -0.326 e. The molecule has 2 rings (SSSR count). The van der Waals surface area contributed by atoms with E-state index in [0.29, 0.717) is 32.1 Å². The normalized spacial score (nSPS) is 10.2. The van der Waals surface area contributed by atoms with Gasteiger partial charge in [-0.25, -0.2) is 4.98 Å². The van der Waals surface area contributed by atoms with Gasteiger partial charge in [0.2, 0.25) is 5.91 Å². The van der Waals surface area contributed by atoms with Crippen molar-refractivity contribution in [2.24, 2.45) is 0 Å². The summed E-state index contributed by atoms with van der Waals surface area (Å²) in [6.07, 6.45) is 0.287. The van der Waals surface area contributed by atoms with Crippen LogP contribution >= 0.6 is 35.0 Å². The number of rotatable bonds is 5. The van der Waals surface area contributed by atoms with Crippen LogP contribution in [-0.4, -0.2) is 16.6 Å². The van der Waals surface area contributed by atoms with E-state index in [2.05, 4.69) is 16.4 Å². The number of nitriles is 1. The highest BCUT2D eigenvalue weighted by atomic mass is 35.5. The van der Waals surface area contributed by atoms with Crippen LogP contribution in [0.4, 0.5) is 5.69 Å². The summed E-state index contributed by atoms with van der Waals surface area (Å²) in [5.74, 6) is 0.368. The van der Waals surface area contributed by atoms with Crippen LogP contribution < -0.4 is 5.32 Å². The van der Waals surface area contributed by atoms with Crippen molar-refractivity contribution in [3.05, 3.63) is 51.6 Å². The number of amides is 1. The van der Waals surface area contributed by atoms with Crippen LogP contribution in [0.15, 0.2) is 35.4 Å². The van der Waals surface area contributed by atoms with Gasteiger partial charge in [0, 0.05) is 33.6 Å². The van der Waals surface area contributed by atoms with Crippen LogP contribution in [0.25, 0.3) is 0 Å². The molecule has 23 heavy (non-hydrogen) atoms. The molecule has 2 aromatic rings. The second-order valence-electron chi connectivity index (χ2n) is 4.72. The molecule has 0 unspecified atom stereocenters. The lowest BCUT2D eigenvalue weighted by molar-refractivity contribution is -0.115. The Balaban J connectivity index is 1.90. The third-order valence-electron chi connectivity index (χ3n) is 2.83. The van der Waals surface area contributed by atoms with Crippen molar-refractivity contribution < 1.29 is 4.79 Å². The molecule has 0 saturated carbocycles. The van der Waals surface area contributed by atoms with Crippen LogP contribution in [0.2, 0.25) is 10.0 Å². The topological polar surface area (TPSA) is 65.8 Å². The number of nitrogens with zero attached hydrogens (tertiary/aromatic N) is 2. The molecule has 118 valence electrons. The number of aromatic nitrogens is 1. The van der Waals surface area contributed by atoms with E-state index < -0.39 is 0 Å². The average Bonchev–Trinajstić information content (AvgIpc) is 2.46. The van der Waals surface area contributed by atoms with E-state index in [4.69, 9.17) is 28.5 Å². The number of hydrogen-bond acceptors (Lipinski definition) is 4. The average molecular weight is 366 g/mol. The van der Waals surface area contributed by atoms with E-state index in [1.807, 2.05) is 6.92 Å². The van der Waals surface area contributed by atoms with E-state index in [9.17, 15) is 4.79 Å². The third-order valence-corrected chi connectivity index (χ3v) is 4.26. The van der Waals surface area contributed by atoms with Gasteiger partial charge in [-0.05, 0) is 37.3 Å². The zero-order valence-electron chi connectivity index (χ0n) is 12.3. The van der Waals surface area contributed by atoms with Crippen molar-refractivity contribution in [1.82, 2.24) is 4.98 Å². The summed E-state index contributed by atoms with van der Waals surface area (Å²) in [5.41, 5.74) is 1.91. The van der Waals surface area contributed by atoms with Gasteiger partial charge in [-0.2, -0.15) is 5.26 Å². The maximum Gasteiger partial charge on any atom is 0.225 e. The van der Waals surface area contributed by atoms with Gasteiger partial charge in [-0.1, -0.05) is 23.2 Å². The Bertz CT molecular complexity index is 754. The number of carbonyl (C=O) groups is 1. The molecule has 1 N–H and O–H groups in total. The van der Waals surface area contributed by atoms with E-state index in [1.54, 1.807) is 30.3 Å². The fourth-order valence-corrected chi connectivity index (χ4v) is 3.30. The smallest absolute Gasteiger partial charge is 0.225 e. The van der Waals surface area contributed by atoms with E-state index in [1.165, 1.54) is 11.8 Å². The molecule has 1 heterocycles. The lowest BCUT2D eigenvalue weighted by Gasteiger charge is -2.07. The van der Waals surface area contributed by atoms with Crippen molar-refractivity contribution in [1.29, 1.82) is 5.26 Å². The molecule has 1 aromatic heterocycles. The highest BCUT2D eigenvalue weighted by Gasteiger charge is 2.08. The van der Waals surface area contributed by atoms with Gasteiger partial charge in [0.25, 0.3) is 0 Å². The lowest BCUT2D eigenvalue weighted by Crippen LogP contribution is -2.12. The van der Waals surface area contributed by atoms with Gasteiger partial charge in [0.1, 0.15) is 11.1 Å². The minimum atomic E-state index is -0.151. The van der Waals surface area contributed by atoms with E-state index in [-0.39, 0.29) is 12.3 Å². The zero-order valence-corrected chi connectivity index (χ0v) is 14.6. The highest BCUT2D eigenvalue weighted by Crippen LogP contribution is 2.24. The summed E-state index contributed by atoms with van der Waals surface area (Å²) >= 11 is 13.2. The number of anilines is 1. The van der Waals surface area contributed by atoms with Gasteiger partial charge in [-0.3, -0.25) is 4.79 Å². The number of halogens is 2. The van der Waals surface area contributed by atoms with E-state index >= 15 is 0 Å². The van der Waals surface area contributed by atoms with Crippen LogP contribution in [0, 0.1) is 18.3 Å². The molecule has 7 heteroatoms. The first-order chi connectivity index (χ1) is 11.0. The standard InChI is InChI=1S/C16H13Cl2N3OS/c1-10-2-3-11(9-19)16(20-10)23-5-4-15(22)21-14-7-12(17)6-13(18)8-14/h2-3,6-8H,4-5H2,1H3,(H,21,22). The fourth-order valence-electron chi connectivity index (χ4n) is 1.82. The molecule has 0 radical (unpaired) electrons. The predicted octanol–water partition coefficient (Wildman–Crippen LogP) is 4.69. The van der Waals surface area contributed by atoms with Crippen LogP contribution in [0.5, 0.6) is 0 Å². The van der Waals surface area contributed by atoms with Gasteiger partial charge in [-0.15, -0.1) is 11.8 Å². The first-order valence-corrected chi connectivity index (χ1v) is 8.48. The molecule has 0 fully saturated rings. The van der Waals surface area contributed by atoms with Crippen molar-refractivity contribution in [3.63, 3.8) is 0 Å². The summed E-state index contributed by atoms with van der Waals surface area (Å²) < 4.78 is 0. The van der Waals surface area contributed by atoms with Gasteiger partial charge >= 0.3 is 0 Å². The van der Waals surface area contributed by atoms with Gasteiger partial charge in [0.15, 0.2) is 0 Å². The summed E-state index contributed by atoms with van der Waals surface area (Å²) in [5, 5.41) is 13.4. The molecule has 4 nitrogen and oxygen atoms in total. The Morgan fingerprint density at radius 1 is 1.30 bits per heavy atom. The van der Waals surface area contributed by atoms with Crippen molar-refractivity contribution in [2.75, 3.05) is 11.1 Å². The molecule has 0 saturated heterocycles. The first kappa shape index (κ1) is 17.6. The van der Waals surface area contributed by atoms with Gasteiger partial charge in [0.05, 0.1) is 5.56 Å². The molecule has 0 bridgehead atoms. The van der Waals surface area contributed by atoms with Crippen molar-refractivity contribution >= 4 is 46.6 Å². The summed E-state index contributed by atoms with van der Waals surface area (Å²) in [4.78, 5) is 16.3. The maximum absolute atomic E-state index is 12.0. The largest absolute Gasteiger partial charge is 0.326 e. The maximum atomic E-state index is 12.0. The molecular weight excluding hydrogens is 353 g/mol. The second kappa shape index (κ2) is 8.21. The summed E-state index contributed by atoms with van der Waals surface area (Å²) in [7, 11) is 0. The first-order valence-electron chi connectivity index (χ1n) is 6.74. The highest BCUT2D eigenvalue weighted by molar-refractivity contribution is 7.99. The fraction of sp³-hybridized carbons (Fsp3) is 0.188. The number of benzene rings is 1. The molecule has 0 atom stereocenters. The van der Waals surface area contributed by atoms with Crippen LogP contribution in [-0.2, 0) is 4.79 Å². The molecule has 1 aromatic carbocycles. The SMILES string of the molecule is Cc1ccc(C#N)c(SCCC(=O)Nc2cc(Cl)cc(Cl)c2)n1. The van der Waals surface area contributed by atoms with E-state index in [0.717, 1.165) is 5.69 Å². The zero-order chi connectivity index (χ0) is 16.8. The quantitative estimate of drug-likeness (QED) is 0.780. The number of carbonyl (C=O) groups excluding carboxylic acids is 1. The Morgan fingerprint density at radius 3 is 2.65 bits per heavy atom. The molecule has 0 aliphatic rings. The monoisotopic (exact) mass is 365 g/mol. The number of nitrogens with one attached hydrogen (secondary N) is 1. The molecule has 1 amide bonds. The Hall–Kier alpha value is -1.74. The summed E-state index contributed by atoms with van der Waals surface area (Å²) in [6.45, 7) is 1.86. The minimum absolute atomic E-state index is 0.151. The number of pyridine rings is 1. The molecular formula is C16H13Cl2N3OS. The molecule has 0 aliphatic heterocycles. The summed E-state index contributed by atoms with van der Waals surface area (Å²) in [6, 6.07) is 10.5. The Labute approximate surface area is 148 Å². The predicted molar refractivity (Wildman–Crippen MR) is 94.1 cm³/mol. The van der Waals surface area contributed by atoms with Crippen LogP contribution in [0.3, 0.4) is 0 Å². The molecule has 0 aliphatic carbocycles. The number of aryl methyl sites for hydroxylation is 1. The lowest BCUT2D eigenvalue weighted by atomic mass is 10.3. The number of thioether (sulfide) groups is 1. The van der Waals surface area contributed by atoms with Gasteiger partial charge < -0.3 is 5.32 Å². The number of hydrogen-bond donors (Lipinski definition) is 1. The molecule has 0 spiro atoms. The second-order valence-corrected chi connectivity index (χ2v) is 6.68. The third kappa shape index (κ3) is 5.43. The van der Waals surface area contributed by atoms with Crippen LogP contribution in [0.1, 0.15) is 17.7 Å². The van der Waals surface area contributed by atoms with Crippen molar-refractivity contribution in [2.45, 2.75) is 18.4 Å².